The van der Waals surface area contributed by atoms with Crippen molar-refractivity contribution >= 4 is 33.7 Å². The summed E-state index contributed by atoms with van der Waals surface area (Å²) in [4.78, 5) is 13.3. The third kappa shape index (κ3) is 3.39. The lowest BCUT2D eigenvalue weighted by molar-refractivity contribution is 0.102. The molecule has 2 aromatic rings. The lowest BCUT2D eigenvalue weighted by Crippen LogP contribution is -2.12. The maximum Gasteiger partial charge on any atom is 0.258 e. The molecular formula is C13H17N3OS2. The number of hydrogen-bond donors (Lipinski definition) is 1. The fourth-order valence-corrected chi connectivity index (χ4v) is 3.45. The highest BCUT2D eigenvalue weighted by Gasteiger charge is 2.15. The van der Waals surface area contributed by atoms with Gasteiger partial charge in [-0.25, -0.2) is 0 Å². The Kier molecular flexibility index (Phi) is 4.31. The third-order valence-corrected chi connectivity index (χ3v) is 4.67. The second kappa shape index (κ2) is 5.79. The van der Waals surface area contributed by atoms with E-state index in [9.17, 15) is 4.79 Å². The number of amides is 1. The van der Waals surface area contributed by atoms with Crippen molar-refractivity contribution in [3.63, 3.8) is 0 Å². The molecule has 0 aromatic carbocycles. The van der Waals surface area contributed by atoms with Gasteiger partial charge in [-0.2, -0.15) is 0 Å². The molecule has 2 rings (SSSR count). The van der Waals surface area contributed by atoms with Crippen LogP contribution in [0.3, 0.4) is 0 Å². The molecule has 0 fully saturated rings. The maximum absolute atomic E-state index is 12.1. The average Bonchev–Trinajstić information content (AvgIpc) is 2.87. The van der Waals surface area contributed by atoms with Crippen LogP contribution in [0, 0.1) is 19.8 Å². The Morgan fingerprint density at radius 1 is 1.37 bits per heavy atom. The highest BCUT2D eigenvalue weighted by molar-refractivity contribution is 7.15. The number of hydrogen-bond acceptors (Lipinski definition) is 5. The molecule has 2 aromatic heterocycles. The summed E-state index contributed by atoms with van der Waals surface area (Å²) >= 11 is 3.04. The molecule has 6 heteroatoms. The Bertz CT molecular complexity index is 586. The van der Waals surface area contributed by atoms with Gasteiger partial charge in [0.05, 0.1) is 5.56 Å². The summed E-state index contributed by atoms with van der Waals surface area (Å²) in [5.41, 5.74) is 1.76. The molecule has 0 aliphatic rings. The molecule has 0 bridgehead atoms. The Hall–Kier alpha value is -1.27. The van der Waals surface area contributed by atoms with E-state index in [-0.39, 0.29) is 5.91 Å². The fraction of sp³-hybridized carbons (Fsp3) is 0.462. The Morgan fingerprint density at radius 2 is 2.11 bits per heavy atom. The van der Waals surface area contributed by atoms with Gasteiger partial charge >= 0.3 is 0 Å². The number of anilines is 1. The van der Waals surface area contributed by atoms with Crippen LogP contribution in [0.4, 0.5) is 5.13 Å². The van der Waals surface area contributed by atoms with Gasteiger partial charge in [-0.05, 0) is 25.3 Å². The van der Waals surface area contributed by atoms with Gasteiger partial charge in [0.25, 0.3) is 5.91 Å². The molecule has 0 spiro atoms. The lowest BCUT2D eigenvalue weighted by atomic mass is 10.1. The normalized spacial score (nSPS) is 11.0. The highest BCUT2D eigenvalue weighted by atomic mass is 32.1. The molecule has 0 aliphatic carbocycles. The van der Waals surface area contributed by atoms with Crippen LogP contribution in [0.1, 0.15) is 39.7 Å². The number of carbonyl (C=O) groups is 1. The number of aromatic nitrogens is 2. The molecule has 0 atom stereocenters. The first-order valence-electron chi connectivity index (χ1n) is 6.15. The van der Waals surface area contributed by atoms with Gasteiger partial charge in [0.15, 0.2) is 0 Å². The molecule has 2 heterocycles. The van der Waals surface area contributed by atoms with Crippen LogP contribution in [0.5, 0.6) is 0 Å². The van der Waals surface area contributed by atoms with Gasteiger partial charge in [0.1, 0.15) is 5.01 Å². The van der Waals surface area contributed by atoms with Crippen molar-refractivity contribution < 1.29 is 4.79 Å². The van der Waals surface area contributed by atoms with Crippen molar-refractivity contribution in [2.75, 3.05) is 5.32 Å². The minimum Gasteiger partial charge on any atom is -0.296 e. The molecular weight excluding hydrogens is 278 g/mol. The molecule has 19 heavy (non-hydrogen) atoms. The van der Waals surface area contributed by atoms with Crippen molar-refractivity contribution in [3.05, 3.63) is 26.4 Å². The molecule has 0 aliphatic heterocycles. The summed E-state index contributed by atoms with van der Waals surface area (Å²) in [6, 6.07) is 0. The van der Waals surface area contributed by atoms with Gasteiger partial charge in [-0.15, -0.1) is 21.5 Å². The van der Waals surface area contributed by atoms with Crippen molar-refractivity contribution in [1.82, 2.24) is 10.2 Å². The zero-order valence-electron chi connectivity index (χ0n) is 11.5. The standard InChI is InChI=1S/C13H17N3OS2/c1-7(2)5-11-15-16-13(19-11)14-12(17)10-6-18-9(4)8(10)3/h6-7H,5H2,1-4H3,(H,14,16,17). The van der Waals surface area contributed by atoms with E-state index in [1.165, 1.54) is 16.2 Å². The van der Waals surface area contributed by atoms with Gasteiger partial charge in [-0.3, -0.25) is 10.1 Å². The van der Waals surface area contributed by atoms with E-state index in [4.69, 9.17) is 0 Å². The van der Waals surface area contributed by atoms with Crippen LogP contribution >= 0.6 is 22.7 Å². The monoisotopic (exact) mass is 295 g/mol. The molecule has 0 saturated carbocycles. The minimum absolute atomic E-state index is 0.103. The summed E-state index contributed by atoms with van der Waals surface area (Å²) in [7, 11) is 0. The van der Waals surface area contributed by atoms with Crippen molar-refractivity contribution in [1.29, 1.82) is 0 Å². The topological polar surface area (TPSA) is 54.9 Å². The molecule has 0 unspecified atom stereocenters. The van der Waals surface area contributed by atoms with Gasteiger partial charge in [0.2, 0.25) is 5.13 Å². The molecule has 1 N–H and O–H groups in total. The number of nitrogens with one attached hydrogen (secondary N) is 1. The molecule has 4 nitrogen and oxygen atoms in total. The van der Waals surface area contributed by atoms with E-state index < -0.39 is 0 Å². The quantitative estimate of drug-likeness (QED) is 0.936. The summed E-state index contributed by atoms with van der Waals surface area (Å²) in [5.74, 6) is 0.437. The number of rotatable bonds is 4. The van der Waals surface area contributed by atoms with Gasteiger partial charge in [-0.1, -0.05) is 25.2 Å². The van der Waals surface area contributed by atoms with Crippen LogP contribution in [-0.2, 0) is 6.42 Å². The Labute approximate surface area is 120 Å². The van der Waals surface area contributed by atoms with E-state index in [1.807, 2.05) is 19.2 Å². The second-order valence-corrected chi connectivity index (χ2v) is 7.03. The largest absolute Gasteiger partial charge is 0.296 e. The first-order valence-corrected chi connectivity index (χ1v) is 7.85. The van der Waals surface area contributed by atoms with E-state index in [1.54, 1.807) is 11.3 Å². The molecule has 1 amide bonds. The first-order chi connectivity index (χ1) is 8.97. The minimum atomic E-state index is -0.103. The maximum atomic E-state index is 12.1. The van der Waals surface area contributed by atoms with E-state index in [2.05, 4.69) is 29.4 Å². The van der Waals surface area contributed by atoms with E-state index in [0.29, 0.717) is 11.0 Å². The van der Waals surface area contributed by atoms with Crippen molar-refractivity contribution in [2.45, 2.75) is 34.1 Å². The number of carbonyl (C=O) groups excluding carboxylic acids is 1. The third-order valence-electron chi connectivity index (χ3n) is 2.80. The summed E-state index contributed by atoms with van der Waals surface area (Å²) in [6.07, 6.45) is 0.893. The summed E-state index contributed by atoms with van der Waals surface area (Å²) < 4.78 is 0. The average molecular weight is 295 g/mol. The van der Waals surface area contributed by atoms with Crippen LogP contribution < -0.4 is 5.32 Å². The van der Waals surface area contributed by atoms with Crippen LogP contribution in [0.15, 0.2) is 5.38 Å². The van der Waals surface area contributed by atoms with Crippen molar-refractivity contribution in [3.8, 4) is 0 Å². The van der Waals surface area contributed by atoms with Crippen LogP contribution in [-0.4, -0.2) is 16.1 Å². The molecule has 0 radical (unpaired) electrons. The smallest absolute Gasteiger partial charge is 0.258 e. The Morgan fingerprint density at radius 3 is 2.68 bits per heavy atom. The predicted octanol–water partition coefficient (Wildman–Crippen LogP) is 3.67. The zero-order valence-corrected chi connectivity index (χ0v) is 13.1. The fourth-order valence-electron chi connectivity index (χ4n) is 1.64. The first kappa shape index (κ1) is 14.1. The molecule has 102 valence electrons. The molecule has 0 saturated heterocycles. The van der Waals surface area contributed by atoms with E-state index in [0.717, 1.165) is 22.6 Å². The number of thiophene rings is 1. The van der Waals surface area contributed by atoms with Crippen LogP contribution in [0.2, 0.25) is 0 Å². The summed E-state index contributed by atoms with van der Waals surface area (Å²) in [6.45, 7) is 8.25. The SMILES string of the molecule is Cc1scc(C(=O)Nc2nnc(CC(C)C)s2)c1C. The number of aryl methyl sites for hydroxylation is 1. The lowest BCUT2D eigenvalue weighted by Gasteiger charge is -2.00. The van der Waals surface area contributed by atoms with E-state index >= 15 is 0 Å². The zero-order chi connectivity index (χ0) is 14.0. The Balaban J connectivity index is 2.07. The second-order valence-electron chi connectivity index (χ2n) is 4.88. The van der Waals surface area contributed by atoms with Gasteiger partial charge in [0, 0.05) is 16.7 Å². The predicted molar refractivity (Wildman–Crippen MR) is 80.2 cm³/mol. The van der Waals surface area contributed by atoms with Crippen molar-refractivity contribution in [2.24, 2.45) is 5.92 Å². The van der Waals surface area contributed by atoms with Gasteiger partial charge < -0.3 is 0 Å². The van der Waals surface area contributed by atoms with Crippen LogP contribution in [0.25, 0.3) is 0 Å². The number of nitrogens with zero attached hydrogens (tertiary/aromatic N) is 2. The highest BCUT2D eigenvalue weighted by Crippen LogP contribution is 2.23. The summed E-state index contributed by atoms with van der Waals surface area (Å²) in [5, 5.41) is 14.3.